The molecule has 0 aliphatic rings. The van der Waals surface area contributed by atoms with Gasteiger partial charge in [-0.3, -0.25) is 4.79 Å². The van der Waals surface area contributed by atoms with Crippen LogP contribution in [0.4, 0.5) is 5.69 Å². The van der Waals surface area contributed by atoms with Crippen molar-refractivity contribution >= 4 is 11.6 Å². The van der Waals surface area contributed by atoms with Crippen LogP contribution in [-0.2, 0) is 11.3 Å². The summed E-state index contributed by atoms with van der Waals surface area (Å²) in [5.41, 5.74) is 2.24. The first-order valence-corrected chi connectivity index (χ1v) is 7.21. The number of amides is 1. The predicted octanol–water partition coefficient (Wildman–Crippen LogP) is 2.32. The van der Waals surface area contributed by atoms with E-state index in [2.05, 4.69) is 41.8 Å². The molecule has 112 valence electrons. The van der Waals surface area contributed by atoms with E-state index in [9.17, 15) is 4.79 Å². The van der Waals surface area contributed by atoms with Crippen molar-refractivity contribution in [1.29, 1.82) is 0 Å². The molecule has 0 fully saturated rings. The minimum atomic E-state index is 0.119. The molecule has 0 bridgehead atoms. The highest BCUT2D eigenvalue weighted by atomic mass is 16.1. The summed E-state index contributed by atoms with van der Waals surface area (Å²) in [5.74, 6) is 0.520. The molecule has 0 unspecified atom stereocenters. The van der Waals surface area contributed by atoms with Crippen LogP contribution in [0.1, 0.15) is 25.8 Å². The highest BCUT2D eigenvalue weighted by Crippen LogP contribution is 2.09. The predicted molar refractivity (Wildman–Crippen MR) is 84.8 cm³/mol. The second kappa shape index (κ2) is 8.59. The molecule has 4 nitrogen and oxygen atoms in total. The average molecular weight is 277 g/mol. The van der Waals surface area contributed by atoms with Crippen LogP contribution in [0.2, 0.25) is 0 Å². The van der Waals surface area contributed by atoms with Gasteiger partial charge in [0.1, 0.15) is 0 Å². The molecule has 1 amide bonds. The second-order valence-electron chi connectivity index (χ2n) is 5.80. The first kappa shape index (κ1) is 16.5. The van der Waals surface area contributed by atoms with Gasteiger partial charge in [-0.15, -0.1) is 0 Å². The number of benzene rings is 1. The number of anilines is 1. The Bertz CT molecular complexity index is 399. The second-order valence-corrected chi connectivity index (χ2v) is 5.80. The molecule has 0 heterocycles. The van der Waals surface area contributed by atoms with Crippen molar-refractivity contribution in [3.05, 3.63) is 29.8 Å². The normalized spacial score (nSPS) is 10.9. The Balaban J connectivity index is 2.33. The van der Waals surface area contributed by atoms with Crippen LogP contribution in [0, 0.1) is 5.92 Å². The average Bonchev–Trinajstić information content (AvgIpc) is 2.36. The molecular weight excluding hydrogens is 250 g/mol. The number of hydrogen-bond acceptors (Lipinski definition) is 3. The van der Waals surface area contributed by atoms with E-state index in [1.807, 2.05) is 26.0 Å². The number of carbonyl (C=O) groups excluding carboxylic acids is 1. The highest BCUT2D eigenvalue weighted by molar-refractivity contribution is 5.76. The Kier molecular flexibility index (Phi) is 7.09. The fourth-order valence-electron chi connectivity index (χ4n) is 1.81. The van der Waals surface area contributed by atoms with Gasteiger partial charge in [0.2, 0.25) is 5.91 Å². The summed E-state index contributed by atoms with van der Waals surface area (Å²) in [7, 11) is 4.12. The van der Waals surface area contributed by atoms with Crippen LogP contribution >= 0.6 is 0 Å². The molecule has 4 heteroatoms. The van der Waals surface area contributed by atoms with Crippen LogP contribution in [0.25, 0.3) is 0 Å². The summed E-state index contributed by atoms with van der Waals surface area (Å²) in [4.78, 5) is 13.7. The molecule has 0 saturated heterocycles. The standard InChI is InChI=1S/C16H27N3O/c1-13(2)11-16(20)18-12-14-5-7-15(8-6-14)17-9-10-19(3)4/h5-8,13,17H,9-12H2,1-4H3,(H,18,20). The third-order valence-electron chi connectivity index (χ3n) is 2.93. The first-order chi connectivity index (χ1) is 9.47. The van der Waals surface area contributed by atoms with Gasteiger partial charge in [-0.1, -0.05) is 26.0 Å². The highest BCUT2D eigenvalue weighted by Gasteiger charge is 2.04. The third kappa shape index (κ3) is 7.14. The topological polar surface area (TPSA) is 44.4 Å². The van der Waals surface area contributed by atoms with Gasteiger partial charge in [0.25, 0.3) is 0 Å². The molecule has 0 radical (unpaired) electrons. The van der Waals surface area contributed by atoms with Crippen LogP contribution < -0.4 is 10.6 Å². The fourth-order valence-corrected chi connectivity index (χ4v) is 1.81. The van der Waals surface area contributed by atoms with Gasteiger partial charge in [0.15, 0.2) is 0 Å². The molecule has 1 aromatic rings. The van der Waals surface area contributed by atoms with Crippen molar-refractivity contribution in [1.82, 2.24) is 10.2 Å². The van der Waals surface area contributed by atoms with E-state index in [0.717, 1.165) is 24.3 Å². The Hall–Kier alpha value is -1.55. The van der Waals surface area contributed by atoms with Gasteiger partial charge in [-0.2, -0.15) is 0 Å². The Morgan fingerprint density at radius 2 is 1.85 bits per heavy atom. The van der Waals surface area contributed by atoms with E-state index >= 15 is 0 Å². The number of nitrogens with zero attached hydrogens (tertiary/aromatic N) is 1. The van der Waals surface area contributed by atoms with Gasteiger partial charge in [0, 0.05) is 31.7 Å². The zero-order chi connectivity index (χ0) is 15.0. The number of nitrogens with one attached hydrogen (secondary N) is 2. The number of rotatable bonds is 8. The van der Waals surface area contributed by atoms with Crippen LogP contribution in [0.3, 0.4) is 0 Å². The third-order valence-corrected chi connectivity index (χ3v) is 2.93. The molecular formula is C16H27N3O. The van der Waals surface area contributed by atoms with Crippen LogP contribution in [0.15, 0.2) is 24.3 Å². The maximum atomic E-state index is 11.6. The molecule has 0 aromatic heterocycles. The maximum Gasteiger partial charge on any atom is 0.220 e. The molecule has 0 atom stereocenters. The molecule has 0 aliphatic carbocycles. The minimum absolute atomic E-state index is 0.119. The number of carbonyl (C=O) groups is 1. The molecule has 0 aliphatic heterocycles. The van der Waals surface area contributed by atoms with Gasteiger partial charge < -0.3 is 15.5 Å². The molecule has 0 saturated carbocycles. The lowest BCUT2D eigenvalue weighted by Crippen LogP contribution is -2.23. The molecule has 0 spiro atoms. The van der Waals surface area contributed by atoms with E-state index in [1.165, 1.54) is 0 Å². The van der Waals surface area contributed by atoms with Crippen molar-refractivity contribution < 1.29 is 4.79 Å². The molecule has 20 heavy (non-hydrogen) atoms. The van der Waals surface area contributed by atoms with Crippen molar-refractivity contribution in [2.75, 3.05) is 32.5 Å². The molecule has 1 aromatic carbocycles. The van der Waals surface area contributed by atoms with E-state index in [0.29, 0.717) is 18.9 Å². The van der Waals surface area contributed by atoms with Gasteiger partial charge >= 0.3 is 0 Å². The largest absolute Gasteiger partial charge is 0.384 e. The number of hydrogen-bond donors (Lipinski definition) is 2. The fraction of sp³-hybridized carbons (Fsp3) is 0.562. The SMILES string of the molecule is CC(C)CC(=O)NCc1ccc(NCCN(C)C)cc1. The van der Waals surface area contributed by atoms with Crippen molar-refractivity contribution in [2.45, 2.75) is 26.8 Å². The lowest BCUT2D eigenvalue weighted by Gasteiger charge is -2.12. The first-order valence-electron chi connectivity index (χ1n) is 7.21. The minimum Gasteiger partial charge on any atom is -0.384 e. The Morgan fingerprint density at radius 3 is 2.40 bits per heavy atom. The Morgan fingerprint density at radius 1 is 1.20 bits per heavy atom. The van der Waals surface area contributed by atoms with Crippen LogP contribution in [-0.4, -0.2) is 38.0 Å². The monoisotopic (exact) mass is 277 g/mol. The van der Waals surface area contributed by atoms with Crippen molar-refractivity contribution in [3.8, 4) is 0 Å². The summed E-state index contributed by atoms with van der Waals surface area (Å²) in [6.07, 6.45) is 0.587. The van der Waals surface area contributed by atoms with Crippen LogP contribution in [0.5, 0.6) is 0 Å². The Labute approximate surface area is 122 Å². The lowest BCUT2D eigenvalue weighted by atomic mass is 10.1. The van der Waals surface area contributed by atoms with Crippen molar-refractivity contribution in [2.24, 2.45) is 5.92 Å². The van der Waals surface area contributed by atoms with E-state index in [-0.39, 0.29) is 5.91 Å². The molecule has 2 N–H and O–H groups in total. The summed E-state index contributed by atoms with van der Waals surface area (Å²) in [5, 5.41) is 6.31. The molecule has 1 rings (SSSR count). The van der Waals surface area contributed by atoms with Gasteiger partial charge in [0.05, 0.1) is 0 Å². The summed E-state index contributed by atoms with van der Waals surface area (Å²) in [6, 6.07) is 8.21. The summed E-state index contributed by atoms with van der Waals surface area (Å²) in [6.45, 7) is 6.63. The zero-order valence-corrected chi connectivity index (χ0v) is 13.1. The zero-order valence-electron chi connectivity index (χ0n) is 13.1. The quantitative estimate of drug-likeness (QED) is 0.766. The maximum absolute atomic E-state index is 11.6. The summed E-state index contributed by atoms with van der Waals surface area (Å²) >= 11 is 0. The van der Waals surface area contributed by atoms with E-state index < -0.39 is 0 Å². The lowest BCUT2D eigenvalue weighted by molar-refractivity contribution is -0.121. The smallest absolute Gasteiger partial charge is 0.220 e. The van der Waals surface area contributed by atoms with Gasteiger partial charge in [-0.25, -0.2) is 0 Å². The summed E-state index contributed by atoms with van der Waals surface area (Å²) < 4.78 is 0. The van der Waals surface area contributed by atoms with E-state index in [1.54, 1.807) is 0 Å². The van der Waals surface area contributed by atoms with E-state index in [4.69, 9.17) is 0 Å². The van der Waals surface area contributed by atoms with Crippen molar-refractivity contribution in [3.63, 3.8) is 0 Å². The van der Waals surface area contributed by atoms with Gasteiger partial charge in [-0.05, 0) is 37.7 Å². The number of likely N-dealkylation sites (N-methyl/N-ethyl adjacent to an activating group) is 1.